The number of amides is 1. The minimum Gasteiger partial charge on any atom is -0.396 e. The first-order valence-electron chi connectivity index (χ1n) is 7.53. The second-order valence-electron chi connectivity index (χ2n) is 5.89. The van der Waals surface area contributed by atoms with Gasteiger partial charge >= 0.3 is 0 Å². The second-order valence-corrected chi connectivity index (χ2v) is 7.64. The molecule has 0 aliphatic heterocycles. The van der Waals surface area contributed by atoms with Gasteiger partial charge in [0.25, 0.3) is 0 Å². The van der Waals surface area contributed by atoms with Gasteiger partial charge in [0, 0.05) is 11.1 Å². The number of hydrogen-bond donors (Lipinski definition) is 3. The maximum Gasteiger partial charge on any atom is 0.240 e. The highest BCUT2D eigenvalue weighted by atomic mass is 32.2. The molecule has 0 aliphatic rings. The zero-order valence-corrected chi connectivity index (χ0v) is 14.9. The third-order valence-corrected chi connectivity index (χ3v) is 4.44. The SMILES string of the molecule is CC(C(=O)NS(C)(=O)=O)c1ccc(-c2cc(F)c(N)c(CO)c2)c(F)c1. The van der Waals surface area contributed by atoms with E-state index in [1.807, 2.05) is 4.72 Å². The highest BCUT2D eigenvalue weighted by molar-refractivity contribution is 7.89. The lowest BCUT2D eigenvalue weighted by Crippen LogP contribution is -2.32. The van der Waals surface area contributed by atoms with Crippen LogP contribution in [0.1, 0.15) is 24.0 Å². The molecule has 0 saturated heterocycles. The molecule has 2 aromatic rings. The van der Waals surface area contributed by atoms with Gasteiger partial charge < -0.3 is 10.8 Å². The van der Waals surface area contributed by atoms with Gasteiger partial charge in [-0.2, -0.15) is 0 Å². The molecule has 1 atom stereocenters. The van der Waals surface area contributed by atoms with Crippen molar-refractivity contribution in [3.63, 3.8) is 0 Å². The van der Waals surface area contributed by atoms with Crippen molar-refractivity contribution >= 4 is 21.6 Å². The van der Waals surface area contributed by atoms with Crippen LogP contribution in [0.2, 0.25) is 0 Å². The smallest absolute Gasteiger partial charge is 0.240 e. The fourth-order valence-corrected chi connectivity index (χ4v) is 2.96. The molecular weight excluding hydrogens is 366 g/mol. The standard InChI is InChI=1S/C17H18F2N2O4S/c1-9(17(23)21-26(2,24)25)10-3-4-13(14(18)6-10)11-5-12(8-22)16(20)15(19)7-11/h3-7,9,22H,8,20H2,1-2H3,(H,21,23). The Balaban J connectivity index is 2.39. The molecule has 0 aromatic heterocycles. The number of benzene rings is 2. The summed E-state index contributed by atoms with van der Waals surface area (Å²) in [5, 5.41) is 9.22. The Hall–Kier alpha value is -2.52. The van der Waals surface area contributed by atoms with E-state index in [1.165, 1.54) is 25.1 Å². The molecule has 0 spiro atoms. The number of aliphatic hydroxyl groups is 1. The van der Waals surface area contributed by atoms with Crippen molar-refractivity contribution in [3.05, 3.63) is 53.1 Å². The van der Waals surface area contributed by atoms with Crippen LogP contribution in [-0.2, 0) is 21.4 Å². The van der Waals surface area contributed by atoms with E-state index in [2.05, 4.69) is 0 Å². The lowest BCUT2D eigenvalue weighted by atomic mass is 9.95. The summed E-state index contributed by atoms with van der Waals surface area (Å²) in [4.78, 5) is 11.9. The third kappa shape index (κ3) is 4.36. The predicted octanol–water partition coefficient (Wildman–Crippen LogP) is 1.89. The maximum atomic E-state index is 14.5. The first kappa shape index (κ1) is 19.8. The fraction of sp³-hybridized carbons (Fsp3) is 0.235. The maximum absolute atomic E-state index is 14.5. The number of anilines is 1. The van der Waals surface area contributed by atoms with Gasteiger partial charge in [0.15, 0.2) is 0 Å². The van der Waals surface area contributed by atoms with E-state index >= 15 is 0 Å². The second kappa shape index (κ2) is 7.38. The van der Waals surface area contributed by atoms with Crippen LogP contribution in [-0.4, -0.2) is 25.7 Å². The molecule has 1 amide bonds. The number of nitrogen functional groups attached to an aromatic ring is 1. The first-order chi connectivity index (χ1) is 12.0. The van der Waals surface area contributed by atoms with Crippen molar-refractivity contribution in [3.8, 4) is 11.1 Å². The van der Waals surface area contributed by atoms with Crippen LogP contribution < -0.4 is 10.5 Å². The van der Waals surface area contributed by atoms with Crippen molar-refractivity contribution in [2.45, 2.75) is 19.4 Å². The van der Waals surface area contributed by atoms with Crippen LogP contribution in [0.25, 0.3) is 11.1 Å². The molecule has 9 heteroatoms. The Morgan fingerprint density at radius 3 is 2.42 bits per heavy atom. The van der Waals surface area contributed by atoms with Crippen molar-refractivity contribution in [2.24, 2.45) is 0 Å². The molecule has 0 heterocycles. The number of sulfonamides is 1. The van der Waals surface area contributed by atoms with Crippen LogP contribution in [0.4, 0.5) is 14.5 Å². The number of nitrogens with one attached hydrogen (secondary N) is 1. The Bertz CT molecular complexity index is 961. The third-order valence-electron chi connectivity index (χ3n) is 3.87. The van der Waals surface area contributed by atoms with Gasteiger partial charge in [0.2, 0.25) is 15.9 Å². The molecule has 0 radical (unpaired) electrons. The molecule has 26 heavy (non-hydrogen) atoms. The van der Waals surface area contributed by atoms with Crippen molar-refractivity contribution in [1.29, 1.82) is 0 Å². The van der Waals surface area contributed by atoms with E-state index in [9.17, 15) is 27.1 Å². The molecule has 0 saturated carbocycles. The predicted molar refractivity (Wildman–Crippen MR) is 93.5 cm³/mol. The summed E-state index contributed by atoms with van der Waals surface area (Å²) in [7, 11) is -3.72. The summed E-state index contributed by atoms with van der Waals surface area (Å²) in [6, 6.07) is 6.29. The number of nitrogens with two attached hydrogens (primary N) is 1. The Kier molecular flexibility index (Phi) is 5.62. The summed E-state index contributed by atoms with van der Waals surface area (Å²) in [6.07, 6.45) is 0.843. The van der Waals surface area contributed by atoms with Crippen LogP contribution in [0.3, 0.4) is 0 Å². The monoisotopic (exact) mass is 384 g/mol. The molecular formula is C17H18F2N2O4S. The van der Waals surface area contributed by atoms with Gasteiger partial charge in [-0.3, -0.25) is 9.52 Å². The van der Waals surface area contributed by atoms with E-state index in [0.717, 1.165) is 18.4 Å². The van der Waals surface area contributed by atoms with E-state index in [4.69, 9.17) is 5.73 Å². The van der Waals surface area contributed by atoms with Crippen LogP contribution >= 0.6 is 0 Å². The van der Waals surface area contributed by atoms with Gasteiger partial charge in [-0.25, -0.2) is 17.2 Å². The molecule has 2 aromatic carbocycles. The van der Waals surface area contributed by atoms with Gasteiger partial charge in [0.1, 0.15) is 11.6 Å². The number of carbonyl (C=O) groups is 1. The molecule has 0 fully saturated rings. The largest absolute Gasteiger partial charge is 0.396 e. The van der Waals surface area contributed by atoms with Crippen LogP contribution in [0.15, 0.2) is 30.3 Å². The first-order valence-corrected chi connectivity index (χ1v) is 9.43. The summed E-state index contributed by atoms with van der Waals surface area (Å²) >= 11 is 0. The fourth-order valence-electron chi connectivity index (χ4n) is 2.42. The zero-order chi connectivity index (χ0) is 19.6. The van der Waals surface area contributed by atoms with Gasteiger partial charge in [-0.1, -0.05) is 12.1 Å². The molecule has 0 bridgehead atoms. The zero-order valence-electron chi connectivity index (χ0n) is 14.1. The average molecular weight is 384 g/mol. The van der Waals surface area contributed by atoms with Crippen LogP contribution in [0, 0.1) is 11.6 Å². The number of carbonyl (C=O) groups excluding carboxylic acids is 1. The van der Waals surface area contributed by atoms with Gasteiger partial charge in [-0.15, -0.1) is 0 Å². The Morgan fingerprint density at radius 2 is 1.88 bits per heavy atom. The molecule has 140 valence electrons. The summed E-state index contributed by atoms with van der Waals surface area (Å²) in [5.41, 5.74) is 5.91. The van der Waals surface area contributed by atoms with Gasteiger partial charge in [-0.05, 0) is 36.2 Å². The van der Waals surface area contributed by atoms with E-state index in [0.29, 0.717) is 0 Å². The molecule has 4 N–H and O–H groups in total. The molecule has 0 aliphatic carbocycles. The lowest BCUT2D eigenvalue weighted by molar-refractivity contribution is -0.120. The topological polar surface area (TPSA) is 109 Å². The highest BCUT2D eigenvalue weighted by Gasteiger charge is 2.20. The van der Waals surface area contributed by atoms with Crippen molar-refractivity contribution in [1.82, 2.24) is 4.72 Å². The summed E-state index contributed by atoms with van der Waals surface area (Å²) in [6.45, 7) is 0.931. The molecule has 2 rings (SSSR count). The quantitative estimate of drug-likeness (QED) is 0.682. The molecule has 6 nitrogen and oxygen atoms in total. The van der Waals surface area contributed by atoms with Crippen molar-refractivity contribution < 1.29 is 27.1 Å². The number of hydrogen-bond acceptors (Lipinski definition) is 5. The Labute approximate surface area is 149 Å². The molecule has 1 unspecified atom stereocenters. The number of aliphatic hydroxyl groups excluding tert-OH is 1. The normalized spacial score (nSPS) is 12.7. The van der Waals surface area contributed by atoms with Crippen molar-refractivity contribution in [2.75, 3.05) is 12.0 Å². The minimum atomic E-state index is -3.72. The van der Waals surface area contributed by atoms with E-state index < -0.39 is 40.1 Å². The lowest BCUT2D eigenvalue weighted by Gasteiger charge is -2.14. The van der Waals surface area contributed by atoms with E-state index in [-0.39, 0.29) is 27.9 Å². The number of rotatable bonds is 5. The summed E-state index contributed by atoms with van der Waals surface area (Å²) < 4.78 is 52.4. The van der Waals surface area contributed by atoms with Gasteiger partial charge in [0.05, 0.1) is 24.5 Å². The highest BCUT2D eigenvalue weighted by Crippen LogP contribution is 2.30. The van der Waals surface area contributed by atoms with Crippen LogP contribution in [0.5, 0.6) is 0 Å². The van der Waals surface area contributed by atoms with E-state index in [1.54, 1.807) is 0 Å². The minimum absolute atomic E-state index is 0.0538. The summed E-state index contributed by atoms with van der Waals surface area (Å²) in [5.74, 6) is -3.21. The average Bonchev–Trinajstić information content (AvgIpc) is 2.55. The number of halogens is 2. The Morgan fingerprint density at radius 1 is 1.23 bits per heavy atom.